The van der Waals surface area contributed by atoms with Crippen molar-refractivity contribution in [3.63, 3.8) is 0 Å². The molecule has 0 spiro atoms. The van der Waals surface area contributed by atoms with Gasteiger partial charge in [0.1, 0.15) is 5.54 Å². The van der Waals surface area contributed by atoms with Gasteiger partial charge in [0.05, 0.1) is 19.8 Å². The van der Waals surface area contributed by atoms with Gasteiger partial charge in [-0.25, -0.2) is 0 Å². The highest BCUT2D eigenvalue weighted by atomic mass is 16.5. The molecule has 0 saturated heterocycles. The van der Waals surface area contributed by atoms with E-state index >= 15 is 0 Å². The van der Waals surface area contributed by atoms with E-state index in [4.69, 9.17) is 15.2 Å². The molecule has 0 heterocycles. The molecule has 98 valence electrons. The molecule has 2 atom stereocenters. The number of carbonyl (C=O) groups excluding carboxylic acids is 1. The summed E-state index contributed by atoms with van der Waals surface area (Å²) < 4.78 is 10.5. The summed E-state index contributed by atoms with van der Waals surface area (Å²) in [5.74, 6) is -0.224. The second-order valence-electron chi connectivity index (χ2n) is 4.66. The third-order valence-corrected chi connectivity index (χ3v) is 3.24. The lowest BCUT2D eigenvalue weighted by atomic mass is 10.2. The molecule has 2 N–H and O–H groups in total. The van der Waals surface area contributed by atoms with Crippen LogP contribution < -0.4 is 5.73 Å². The van der Waals surface area contributed by atoms with Crippen molar-refractivity contribution >= 4 is 5.97 Å². The summed E-state index contributed by atoms with van der Waals surface area (Å²) in [4.78, 5) is 11.6. The van der Waals surface area contributed by atoms with Gasteiger partial charge in [-0.3, -0.25) is 4.79 Å². The summed E-state index contributed by atoms with van der Waals surface area (Å²) in [6.07, 6.45) is 0.653. The van der Waals surface area contributed by atoms with Crippen molar-refractivity contribution in [2.24, 2.45) is 11.7 Å². The highest BCUT2D eigenvalue weighted by Crippen LogP contribution is 2.42. The van der Waals surface area contributed by atoms with Gasteiger partial charge in [-0.2, -0.15) is 0 Å². The molecule has 1 aliphatic rings. The standard InChI is InChI=1S/C14H19NO3/c1-2-18-13(16)14(15)8-12(14)10-17-9-11-6-4-3-5-7-11/h3-7,12H,2,8-10,15H2,1H3/t12-,14?/m0/s1. The third-order valence-electron chi connectivity index (χ3n) is 3.24. The summed E-state index contributed by atoms with van der Waals surface area (Å²) in [5.41, 5.74) is 6.25. The lowest BCUT2D eigenvalue weighted by molar-refractivity contribution is -0.146. The average Bonchev–Trinajstić information content (AvgIpc) is 3.04. The second kappa shape index (κ2) is 5.50. The molecule has 0 aliphatic heterocycles. The third kappa shape index (κ3) is 2.89. The van der Waals surface area contributed by atoms with Crippen molar-refractivity contribution in [1.29, 1.82) is 0 Å². The maximum atomic E-state index is 11.6. The Labute approximate surface area is 107 Å². The van der Waals surface area contributed by atoms with E-state index in [-0.39, 0.29) is 11.9 Å². The SMILES string of the molecule is CCOC(=O)C1(N)C[C@H]1COCc1ccccc1. The molecule has 1 aliphatic carbocycles. The first-order chi connectivity index (χ1) is 8.66. The molecule has 0 aromatic heterocycles. The van der Waals surface area contributed by atoms with Crippen molar-refractivity contribution in [1.82, 2.24) is 0 Å². The van der Waals surface area contributed by atoms with Crippen LogP contribution in [0, 0.1) is 5.92 Å². The second-order valence-corrected chi connectivity index (χ2v) is 4.66. The fourth-order valence-corrected chi connectivity index (χ4v) is 1.97. The van der Waals surface area contributed by atoms with Gasteiger partial charge in [-0.1, -0.05) is 30.3 Å². The predicted octanol–water partition coefficient (Wildman–Crippen LogP) is 1.48. The number of rotatable bonds is 6. The Morgan fingerprint density at radius 3 is 2.83 bits per heavy atom. The van der Waals surface area contributed by atoms with Crippen LogP contribution >= 0.6 is 0 Å². The minimum Gasteiger partial charge on any atom is -0.465 e. The van der Waals surface area contributed by atoms with Gasteiger partial charge in [-0.05, 0) is 18.9 Å². The summed E-state index contributed by atoms with van der Waals surface area (Å²) >= 11 is 0. The zero-order valence-corrected chi connectivity index (χ0v) is 10.6. The summed E-state index contributed by atoms with van der Waals surface area (Å²) in [6.45, 7) is 3.21. The molecule has 18 heavy (non-hydrogen) atoms. The fraction of sp³-hybridized carbons (Fsp3) is 0.500. The average molecular weight is 249 g/mol. The molecule has 1 saturated carbocycles. The molecule has 0 bridgehead atoms. The van der Waals surface area contributed by atoms with E-state index in [2.05, 4.69) is 0 Å². The quantitative estimate of drug-likeness (QED) is 0.776. The summed E-state index contributed by atoms with van der Waals surface area (Å²) in [5, 5.41) is 0. The number of ether oxygens (including phenoxy) is 2. The molecule has 2 rings (SSSR count). The molecule has 0 radical (unpaired) electrons. The Morgan fingerprint density at radius 1 is 1.44 bits per heavy atom. The molecule has 1 unspecified atom stereocenters. The van der Waals surface area contributed by atoms with E-state index < -0.39 is 5.54 Å². The van der Waals surface area contributed by atoms with Crippen LogP contribution in [0.15, 0.2) is 30.3 Å². The normalized spacial score (nSPS) is 25.8. The fourth-order valence-electron chi connectivity index (χ4n) is 1.97. The lowest BCUT2D eigenvalue weighted by Crippen LogP contribution is -2.38. The number of benzene rings is 1. The van der Waals surface area contributed by atoms with Crippen LogP contribution in [0.5, 0.6) is 0 Å². The Kier molecular flexibility index (Phi) is 3.99. The van der Waals surface area contributed by atoms with Gasteiger partial charge in [-0.15, -0.1) is 0 Å². The summed E-state index contributed by atoms with van der Waals surface area (Å²) in [7, 11) is 0. The van der Waals surface area contributed by atoms with E-state index in [1.165, 1.54) is 0 Å². The van der Waals surface area contributed by atoms with Crippen LogP contribution in [0.3, 0.4) is 0 Å². The van der Waals surface area contributed by atoms with Crippen LogP contribution in [0.25, 0.3) is 0 Å². The van der Waals surface area contributed by atoms with Crippen LogP contribution in [0.2, 0.25) is 0 Å². The maximum absolute atomic E-state index is 11.6. The lowest BCUT2D eigenvalue weighted by Gasteiger charge is -2.10. The smallest absolute Gasteiger partial charge is 0.326 e. The van der Waals surface area contributed by atoms with Crippen molar-refractivity contribution in [3.8, 4) is 0 Å². The molecule has 1 aromatic carbocycles. The highest BCUT2D eigenvalue weighted by Gasteiger charge is 2.58. The first-order valence-corrected chi connectivity index (χ1v) is 6.24. The minimum atomic E-state index is -0.813. The molecule has 4 heteroatoms. The van der Waals surface area contributed by atoms with Crippen molar-refractivity contribution < 1.29 is 14.3 Å². The zero-order chi connectivity index (χ0) is 13.0. The Morgan fingerprint density at radius 2 is 2.17 bits per heavy atom. The Balaban J connectivity index is 1.72. The van der Waals surface area contributed by atoms with Crippen molar-refractivity contribution in [3.05, 3.63) is 35.9 Å². The topological polar surface area (TPSA) is 61.5 Å². The van der Waals surface area contributed by atoms with Gasteiger partial charge >= 0.3 is 5.97 Å². The molecular formula is C14H19NO3. The molecule has 1 aromatic rings. The van der Waals surface area contributed by atoms with Gasteiger partial charge in [0.2, 0.25) is 0 Å². The number of esters is 1. The van der Waals surface area contributed by atoms with Crippen LogP contribution in [0.1, 0.15) is 18.9 Å². The first kappa shape index (κ1) is 13.1. The number of hydrogen-bond acceptors (Lipinski definition) is 4. The Hall–Kier alpha value is -1.39. The van der Waals surface area contributed by atoms with E-state index in [0.717, 1.165) is 5.56 Å². The number of hydrogen-bond donors (Lipinski definition) is 1. The largest absolute Gasteiger partial charge is 0.465 e. The van der Waals surface area contributed by atoms with Gasteiger partial charge in [0, 0.05) is 5.92 Å². The predicted molar refractivity (Wildman–Crippen MR) is 67.8 cm³/mol. The van der Waals surface area contributed by atoms with Crippen LogP contribution in [-0.2, 0) is 20.9 Å². The van der Waals surface area contributed by atoms with Gasteiger partial charge in [0.25, 0.3) is 0 Å². The molecule has 1 fully saturated rings. The van der Waals surface area contributed by atoms with E-state index in [0.29, 0.717) is 26.2 Å². The first-order valence-electron chi connectivity index (χ1n) is 6.24. The zero-order valence-electron chi connectivity index (χ0n) is 10.6. The Bertz CT molecular complexity index is 407. The number of carbonyl (C=O) groups is 1. The van der Waals surface area contributed by atoms with Crippen LogP contribution in [0.4, 0.5) is 0 Å². The number of nitrogens with two attached hydrogens (primary N) is 1. The minimum absolute atomic E-state index is 0.0836. The monoisotopic (exact) mass is 249 g/mol. The van der Waals surface area contributed by atoms with E-state index in [9.17, 15) is 4.79 Å². The molecule has 4 nitrogen and oxygen atoms in total. The molecule has 0 amide bonds. The van der Waals surface area contributed by atoms with Crippen LogP contribution in [-0.4, -0.2) is 24.7 Å². The maximum Gasteiger partial charge on any atom is 0.326 e. The van der Waals surface area contributed by atoms with Gasteiger partial charge < -0.3 is 15.2 Å². The van der Waals surface area contributed by atoms with Crippen molar-refractivity contribution in [2.45, 2.75) is 25.5 Å². The highest BCUT2D eigenvalue weighted by molar-refractivity contribution is 5.84. The van der Waals surface area contributed by atoms with E-state index in [1.807, 2.05) is 30.3 Å². The van der Waals surface area contributed by atoms with Gasteiger partial charge in [0.15, 0.2) is 0 Å². The van der Waals surface area contributed by atoms with Crippen molar-refractivity contribution in [2.75, 3.05) is 13.2 Å². The van der Waals surface area contributed by atoms with E-state index in [1.54, 1.807) is 6.92 Å². The molecular weight excluding hydrogens is 230 g/mol. The summed E-state index contributed by atoms with van der Waals surface area (Å²) in [6, 6.07) is 9.93.